The van der Waals surface area contributed by atoms with Gasteiger partial charge in [-0.2, -0.15) is 13.2 Å². The van der Waals surface area contributed by atoms with Crippen LogP contribution in [-0.2, 0) is 6.18 Å². The van der Waals surface area contributed by atoms with Crippen LogP contribution in [0.25, 0.3) is 11.6 Å². The zero-order valence-electron chi connectivity index (χ0n) is 14.2. The molecular formula is C16H12F3N7O2. The number of carbonyl (C=O) groups is 1. The first kappa shape index (κ1) is 19.1. The Morgan fingerprint density at radius 3 is 2.39 bits per heavy atom. The molecule has 0 spiro atoms. The van der Waals surface area contributed by atoms with Gasteiger partial charge in [0.15, 0.2) is 11.6 Å². The van der Waals surface area contributed by atoms with E-state index in [1.54, 1.807) is 6.07 Å². The molecule has 9 nitrogen and oxygen atoms in total. The average Bonchev–Trinajstić information content (AvgIpc) is 2.67. The molecule has 1 unspecified atom stereocenters. The summed E-state index contributed by atoms with van der Waals surface area (Å²) < 4.78 is 37.7. The molecular weight excluding hydrogens is 379 g/mol. The Labute approximate surface area is 155 Å². The van der Waals surface area contributed by atoms with E-state index in [1.807, 2.05) is 0 Å². The molecule has 3 rings (SSSR count). The van der Waals surface area contributed by atoms with E-state index in [4.69, 9.17) is 0 Å². The molecule has 144 valence electrons. The number of aromatic nitrogens is 6. The van der Waals surface area contributed by atoms with Gasteiger partial charge in [0.25, 0.3) is 11.5 Å². The number of amides is 1. The maximum absolute atomic E-state index is 12.6. The summed E-state index contributed by atoms with van der Waals surface area (Å²) in [4.78, 5) is 45.8. The minimum Gasteiger partial charge on any atom is -0.341 e. The van der Waals surface area contributed by atoms with Gasteiger partial charge in [-0.15, -0.1) is 0 Å². The van der Waals surface area contributed by atoms with Gasteiger partial charge in [0.2, 0.25) is 0 Å². The van der Waals surface area contributed by atoms with Crippen LogP contribution < -0.4 is 10.9 Å². The normalized spacial score (nSPS) is 12.4. The fourth-order valence-corrected chi connectivity index (χ4v) is 2.14. The van der Waals surface area contributed by atoms with Crippen molar-refractivity contribution in [1.29, 1.82) is 0 Å². The van der Waals surface area contributed by atoms with E-state index in [-0.39, 0.29) is 23.2 Å². The molecule has 0 bridgehead atoms. The second-order valence-electron chi connectivity index (χ2n) is 5.57. The molecule has 1 atom stereocenters. The van der Waals surface area contributed by atoms with E-state index in [2.05, 4.69) is 35.2 Å². The van der Waals surface area contributed by atoms with Crippen LogP contribution in [0.1, 0.15) is 34.8 Å². The van der Waals surface area contributed by atoms with Crippen LogP contribution in [0.5, 0.6) is 0 Å². The Hall–Kier alpha value is -3.70. The highest BCUT2D eigenvalue weighted by atomic mass is 19.4. The Morgan fingerprint density at radius 1 is 1.14 bits per heavy atom. The summed E-state index contributed by atoms with van der Waals surface area (Å²) in [7, 11) is 0. The van der Waals surface area contributed by atoms with Crippen molar-refractivity contribution in [3.05, 3.63) is 64.4 Å². The SMILES string of the molecule is CC(NC(=O)c1cc(=O)[nH]c(-c2ncccn2)n1)c1ncc(C(F)(F)F)cn1. The van der Waals surface area contributed by atoms with Gasteiger partial charge in [0, 0.05) is 30.9 Å². The molecule has 0 aliphatic rings. The van der Waals surface area contributed by atoms with Crippen molar-refractivity contribution in [1.82, 2.24) is 35.2 Å². The first-order valence-corrected chi connectivity index (χ1v) is 7.83. The average molecular weight is 391 g/mol. The van der Waals surface area contributed by atoms with Crippen molar-refractivity contribution in [2.75, 3.05) is 0 Å². The molecule has 0 saturated heterocycles. The maximum atomic E-state index is 12.6. The van der Waals surface area contributed by atoms with Gasteiger partial charge in [-0.25, -0.2) is 24.9 Å². The Bertz CT molecular complexity index is 1040. The number of hydrogen-bond donors (Lipinski definition) is 2. The molecule has 1 amide bonds. The number of alkyl halides is 3. The first-order valence-electron chi connectivity index (χ1n) is 7.83. The summed E-state index contributed by atoms with van der Waals surface area (Å²) >= 11 is 0. The van der Waals surface area contributed by atoms with Crippen LogP contribution in [0.4, 0.5) is 13.2 Å². The maximum Gasteiger partial charge on any atom is 0.419 e. The third kappa shape index (κ3) is 4.34. The molecule has 3 aromatic heterocycles. The third-order valence-electron chi connectivity index (χ3n) is 3.49. The van der Waals surface area contributed by atoms with Crippen LogP contribution in [0.15, 0.2) is 41.7 Å². The highest BCUT2D eigenvalue weighted by Gasteiger charge is 2.31. The van der Waals surface area contributed by atoms with E-state index >= 15 is 0 Å². The van der Waals surface area contributed by atoms with Crippen LogP contribution in [0, 0.1) is 0 Å². The number of nitrogens with one attached hydrogen (secondary N) is 2. The van der Waals surface area contributed by atoms with Gasteiger partial charge in [-0.1, -0.05) is 0 Å². The van der Waals surface area contributed by atoms with Gasteiger partial charge < -0.3 is 10.3 Å². The first-order chi connectivity index (χ1) is 13.2. The number of H-pyrrole nitrogens is 1. The van der Waals surface area contributed by atoms with Gasteiger partial charge >= 0.3 is 6.18 Å². The second-order valence-corrected chi connectivity index (χ2v) is 5.57. The predicted octanol–water partition coefficient (Wildman–Crippen LogP) is 1.53. The Kier molecular flexibility index (Phi) is 5.11. The van der Waals surface area contributed by atoms with E-state index in [9.17, 15) is 22.8 Å². The van der Waals surface area contributed by atoms with Crippen molar-refractivity contribution in [2.24, 2.45) is 0 Å². The van der Waals surface area contributed by atoms with Crippen molar-refractivity contribution in [2.45, 2.75) is 19.1 Å². The summed E-state index contributed by atoms with van der Waals surface area (Å²) in [5.41, 5.74) is -1.82. The van der Waals surface area contributed by atoms with Crippen LogP contribution in [-0.4, -0.2) is 35.8 Å². The van der Waals surface area contributed by atoms with Crippen LogP contribution >= 0.6 is 0 Å². The lowest BCUT2D eigenvalue weighted by Crippen LogP contribution is -2.30. The highest BCUT2D eigenvalue weighted by molar-refractivity contribution is 5.92. The molecule has 0 aliphatic carbocycles. The fraction of sp³-hybridized carbons (Fsp3) is 0.188. The van der Waals surface area contributed by atoms with E-state index in [0.717, 1.165) is 6.07 Å². The third-order valence-corrected chi connectivity index (χ3v) is 3.49. The molecule has 3 aromatic rings. The molecule has 28 heavy (non-hydrogen) atoms. The van der Waals surface area contributed by atoms with Crippen molar-refractivity contribution >= 4 is 5.91 Å². The Balaban J connectivity index is 1.79. The van der Waals surface area contributed by atoms with E-state index in [1.165, 1.54) is 19.3 Å². The monoisotopic (exact) mass is 391 g/mol. The predicted molar refractivity (Wildman–Crippen MR) is 88.8 cm³/mol. The molecule has 2 N–H and O–H groups in total. The number of hydrogen-bond acceptors (Lipinski definition) is 7. The molecule has 0 aromatic carbocycles. The standard InChI is InChI=1S/C16H12F3N7O2/c1-8(12-22-6-9(7-23-12)16(17,18)19)24-15(28)10-5-11(27)26-14(25-10)13-20-3-2-4-21-13/h2-8H,1H3,(H,24,28)(H,25,26,27). The second kappa shape index (κ2) is 7.50. The van der Waals surface area contributed by atoms with Gasteiger partial charge in [-0.3, -0.25) is 9.59 Å². The van der Waals surface area contributed by atoms with Crippen LogP contribution in [0.2, 0.25) is 0 Å². The smallest absolute Gasteiger partial charge is 0.341 e. The summed E-state index contributed by atoms with van der Waals surface area (Å²) in [6, 6.07) is 1.72. The molecule has 0 fully saturated rings. The lowest BCUT2D eigenvalue weighted by Gasteiger charge is -2.13. The van der Waals surface area contributed by atoms with Crippen molar-refractivity contribution in [3.63, 3.8) is 0 Å². The van der Waals surface area contributed by atoms with Gasteiger partial charge in [0.1, 0.15) is 11.5 Å². The molecule has 0 radical (unpaired) electrons. The van der Waals surface area contributed by atoms with Gasteiger partial charge in [-0.05, 0) is 13.0 Å². The van der Waals surface area contributed by atoms with Crippen LogP contribution in [0.3, 0.4) is 0 Å². The molecule has 3 heterocycles. The van der Waals surface area contributed by atoms with Crippen molar-refractivity contribution in [3.8, 4) is 11.6 Å². The van der Waals surface area contributed by atoms with E-state index in [0.29, 0.717) is 12.4 Å². The molecule has 0 aliphatic heterocycles. The number of aromatic amines is 1. The number of halogens is 3. The fourth-order valence-electron chi connectivity index (χ4n) is 2.14. The minimum absolute atomic E-state index is 0.00307. The zero-order valence-corrected chi connectivity index (χ0v) is 14.2. The summed E-state index contributed by atoms with van der Waals surface area (Å²) in [5, 5.41) is 2.48. The highest BCUT2D eigenvalue weighted by Crippen LogP contribution is 2.28. The number of rotatable bonds is 4. The minimum atomic E-state index is -4.56. The molecule has 0 saturated carbocycles. The number of carbonyl (C=O) groups excluding carboxylic acids is 1. The summed E-state index contributed by atoms with van der Waals surface area (Å²) in [5.74, 6) is -0.651. The zero-order chi connectivity index (χ0) is 20.3. The lowest BCUT2D eigenvalue weighted by molar-refractivity contribution is -0.138. The van der Waals surface area contributed by atoms with Gasteiger partial charge in [0.05, 0.1) is 11.6 Å². The van der Waals surface area contributed by atoms with Crippen molar-refractivity contribution < 1.29 is 18.0 Å². The summed E-state index contributed by atoms with van der Waals surface area (Å²) in [6.45, 7) is 1.48. The topological polar surface area (TPSA) is 126 Å². The lowest BCUT2D eigenvalue weighted by atomic mass is 10.2. The molecule has 12 heteroatoms. The quantitative estimate of drug-likeness (QED) is 0.690. The Morgan fingerprint density at radius 2 is 1.79 bits per heavy atom. The number of nitrogens with zero attached hydrogens (tertiary/aromatic N) is 5. The largest absolute Gasteiger partial charge is 0.419 e. The van der Waals surface area contributed by atoms with E-state index < -0.39 is 29.2 Å². The summed E-state index contributed by atoms with van der Waals surface area (Å²) in [6.07, 6.45) is -0.420.